The van der Waals surface area contributed by atoms with Gasteiger partial charge in [-0.1, -0.05) is 41.5 Å². The van der Waals surface area contributed by atoms with Gasteiger partial charge in [0.25, 0.3) is 5.69 Å². The van der Waals surface area contributed by atoms with Crippen molar-refractivity contribution in [1.29, 1.82) is 0 Å². The van der Waals surface area contributed by atoms with Gasteiger partial charge < -0.3 is 23.6 Å². The number of nitrogens with zero attached hydrogens (tertiary/aromatic N) is 3. The van der Waals surface area contributed by atoms with Crippen LogP contribution in [0.2, 0.25) is 36.3 Å². The number of rotatable bonds is 11. The van der Waals surface area contributed by atoms with Gasteiger partial charge in [0.1, 0.15) is 23.8 Å². The fourth-order valence-electron chi connectivity index (χ4n) is 4.65. The van der Waals surface area contributed by atoms with Crippen LogP contribution in [0.4, 0.5) is 11.5 Å². The molecule has 4 atom stereocenters. The van der Waals surface area contributed by atoms with Crippen molar-refractivity contribution >= 4 is 56.7 Å². The molecule has 0 radical (unpaired) electrons. The number of carbonyl (C=O) groups is 1. The van der Waals surface area contributed by atoms with Crippen LogP contribution in [-0.2, 0) is 29.7 Å². The Kier molecular flexibility index (Phi) is 12.2. The first-order valence-corrected chi connectivity index (χ1v) is 23.1. The summed E-state index contributed by atoms with van der Waals surface area (Å²) in [4.78, 5) is 42.7. The van der Waals surface area contributed by atoms with Gasteiger partial charge in [-0.25, -0.2) is 9.59 Å². The second-order valence-electron chi connectivity index (χ2n) is 16.4. The second-order valence-corrected chi connectivity index (χ2v) is 27.2. The van der Waals surface area contributed by atoms with Crippen molar-refractivity contribution < 1.29 is 28.0 Å². The zero-order valence-electron chi connectivity index (χ0n) is 30.6. The molecule has 0 bridgehead atoms. The zero-order valence-corrected chi connectivity index (χ0v) is 34.8. The number of nitrogens with one attached hydrogen (secondary N) is 1. The number of carbonyl (C=O) groups excluding carboxylic acids is 1. The number of benzene rings is 1. The normalized spacial score (nSPS) is 20.0. The summed E-state index contributed by atoms with van der Waals surface area (Å²) in [5.41, 5.74) is -0.885. The average Bonchev–Trinajstić information content (AvgIpc) is 3.30. The molecule has 1 saturated heterocycles. The van der Waals surface area contributed by atoms with Crippen LogP contribution in [0.3, 0.4) is 0 Å². The molecule has 1 aliphatic heterocycles. The van der Waals surface area contributed by atoms with E-state index in [1.807, 2.05) is 43.4 Å². The summed E-state index contributed by atoms with van der Waals surface area (Å²) in [5, 5.41) is 14.2. The van der Waals surface area contributed by atoms with Gasteiger partial charge >= 0.3 is 11.7 Å². The number of hydrogen-bond acceptors (Lipinski definition) is 10. The van der Waals surface area contributed by atoms with E-state index in [0.717, 1.165) is 3.57 Å². The lowest BCUT2D eigenvalue weighted by Crippen LogP contribution is -2.55. The maximum absolute atomic E-state index is 13.9. The second kappa shape index (κ2) is 14.6. The van der Waals surface area contributed by atoms with Gasteiger partial charge in [0.15, 0.2) is 22.7 Å². The smallest absolute Gasteiger partial charge is 0.351 e. The molecule has 0 amide bonds. The zero-order chi connectivity index (χ0) is 36.6. The van der Waals surface area contributed by atoms with Crippen LogP contribution in [0.5, 0.6) is 0 Å². The first-order chi connectivity index (χ1) is 21.7. The molecule has 0 aliphatic carbocycles. The van der Waals surface area contributed by atoms with Crippen molar-refractivity contribution in [2.24, 2.45) is 0 Å². The minimum Gasteiger partial charge on any atom is -0.458 e. The average molecular weight is 817 g/mol. The Balaban J connectivity index is 1.99. The Labute approximate surface area is 300 Å². The fraction of sp³-hybridized carbons (Fsp3) is 0.667. The van der Waals surface area contributed by atoms with E-state index >= 15 is 0 Å². The highest BCUT2D eigenvalue weighted by molar-refractivity contribution is 14.1. The third-order valence-corrected chi connectivity index (χ3v) is 19.0. The largest absolute Gasteiger partial charge is 0.458 e. The van der Waals surface area contributed by atoms with Gasteiger partial charge in [-0.3, -0.25) is 14.7 Å². The summed E-state index contributed by atoms with van der Waals surface area (Å²) in [7, 11) is -4.91. The van der Waals surface area contributed by atoms with Crippen molar-refractivity contribution in [1.82, 2.24) is 9.55 Å². The molecule has 2 aromatic rings. The van der Waals surface area contributed by atoms with E-state index < -0.39 is 63.4 Å². The van der Waals surface area contributed by atoms with Crippen LogP contribution in [0.25, 0.3) is 0 Å². The molecule has 15 heteroatoms. The van der Waals surface area contributed by atoms with E-state index in [9.17, 15) is 19.7 Å². The van der Waals surface area contributed by atoms with E-state index in [4.69, 9.17) is 18.3 Å². The molecule has 268 valence electrons. The van der Waals surface area contributed by atoms with E-state index in [1.54, 1.807) is 24.4 Å². The molecule has 0 saturated carbocycles. The number of hydrogen-bond donors (Lipinski definition) is 1. The van der Waals surface area contributed by atoms with Crippen LogP contribution in [0.1, 0.15) is 80.5 Å². The summed E-state index contributed by atoms with van der Waals surface area (Å²) in [6.45, 7) is 26.7. The lowest BCUT2D eigenvalue weighted by atomic mass is 10.1. The van der Waals surface area contributed by atoms with Gasteiger partial charge in [-0.05, 0) is 97.8 Å². The first-order valence-electron chi connectivity index (χ1n) is 16.2. The van der Waals surface area contributed by atoms with Crippen LogP contribution in [0, 0.1) is 13.7 Å². The highest BCUT2D eigenvalue weighted by Crippen LogP contribution is 2.44. The van der Waals surface area contributed by atoms with E-state index in [-0.39, 0.29) is 28.1 Å². The highest BCUT2D eigenvalue weighted by Gasteiger charge is 2.53. The Morgan fingerprint density at radius 1 is 1.08 bits per heavy atom. The Hall–Kier alpha value is -2.19. The minimum atomic E-state index is -2.53. The number of ether oxygens (including phenoxy) is 2. The minimum absolute atomic E-state index is 0.0135. The summed E-state index contributed by atoms with van der Waals surface area (Å²) >= 11 is 2.03. The number of nitro groups is 1. The standard InChI is InChI=1S/C33H53IN4O8Si2/c1-31(2,3)44-29(39)28(46-48(12,13)33(7,8)9)27-24(45-47(10,11)32(4,5)6)19-26(43-27)37-17-16-25(36-30(37)40)35-20-21-14-15-22(34)18-23(21)38(41)42/h14-18,24,26-28H,19-20H2,1-13H3,(H,35,36,40)/t24-,26+,27-,28?/m0/s1. The quantitative estimate of drug-likeness (QED) is 0.0785. The SMILES string of the molecule is CC(C)(C)OC(=O)C(O[Si](C)(C)C(C)(C)C)[C@H]1O[C@@H](n2ccc(NCc3ccc(I)cc3[N+](=O)[O-])nc2=O)C[C@@H]1O[Si](C)(C)C(C)(C)C. The molecule has 1 unspecified atom stereocenters. The van der Waals surface area contributed by atoms with Gasteiger partial charge in [-0.2, -0.15) is 4.98 Å². The number of esters is 1. The van der Waals surface area contributed by atoms with Crippen molar-refractivity contribution in [2.75, 3.05) is 5.32 Å². The fourth-order valence-corrected chi connectivity index (χ4v) is 7.68. The molecular weight excluding hydrogens is 763 g/mol. The molecule has 0 spiro atoms. The number of anilines is 1. The number of aromatic nitrogens is 2. The van der Waals surface area contributed by atoms with Crippen molar-refractivity contribution in [3.63, 3.8) is 0 Å². The summed E-state index contributed by atoms with van der Waals surface area (Å²) in [6.07, 6.45) is -1.42. The lowest BCUT2D eigenvalue weighted by molar-refractivity contribution is -0.385. The maximum Gasteiger partial charge on any atom is 0.351 e. The molecule has 48 heavy (non-hydrogen) atoms. The Morgan fingerprint density at radius 3 is 2.21 bits per heavy atom. The van der Waals surface area contributed by atoms with Crippen LogP contribution in [-0.4, -0.2) is 61.0 Å². The third-order valence-electron chi connectivity index (χ3n) is 9.38. The highest BCUT2D eigenvalue weighted by atomic mass is 127. The molecule has 1 N–H and O–H groups in total. The van der Waals surface area contributed by atoms with Gasteiger partial charge in [0.05, 0.1) is 11.0 Å². The predicted octanol–water partition coefficient (Wildman–Crippen LogP) is 7.78. The predicted molar refractivity (Wildman–Crippen MR) is 200 cm³/mol. The molecule has 2 heterocycles. The Bertz CT molecular complexity index is 1550. The molecule has 1 aromatic carbocycles. The van der Waals surface area contributed by atoms with E-state index in [0.29, 0.717) is 12.0 Å². The number of nitro benzene ring substituents is 1. The molecule has 12 nitrogen and oxygen atoms in total. The molecule has 1 aliphatic rings. The van der Waals surface area contributed by atoms with Crippen LogP contribution in [0.15, 0.2) is 35.3 Å². The van der Waals surface area contributed by atoms with E-state index in [2.05, 4.69) is 78.0 Å². The summed E-state index contributed by atoms with van der Waals surface area (Å²) in [5.74, 6) is -0.267. The van der Waals surface area contributed by atoms with Crippen molar-refractivity contribution in [3.8, 4) is 0 Å². The number of halogens is 1. The van der Waals surface area contributed by atoms with Gasteiger partial charge in [-0.15, -0.1) is 0 Å². The van der Waals surface area contributed by atoms with Crippen LogP contribution >= 0.6 is 22.6 Å². The topological polar surface area (TPSA) is 144 Å². The molecule has 3 rings (SSSR count). The van der Waals surface area contributed by atoms with E-state index in [1.165, 1.54) is 10.6 Å². The molecule has 1 aromatic heterocycles. The van der Waals surface area contributed by atoms with Gasteiger partial charge in [0, 0.05) is 34.4 Å². The first kappa shape index (κ1) is 40.2. The van der Waals surface area contributed by atoms with Gasteiger partial charge in [0.2, 0.25) is 0 Å². The lowest BCUT2D eigenvalue weighted by Gasteiger charge is -2.43. The monoisotopic (exact) mass is 816 g/mol. The summed E-state index contributed by atoms with van der Waals surface area (Å²) < 4.78 is 28.3. The van der Waals surface area contributed by atoms with Crippen molar-refractivity contribution in [2.45, 2.75) is 142 Å². The third kappa shape index (κ3) is 9.96. The Morgan fingerprint density at radius 2 is 1.69 bits per heavy atom. The molecular formula is C33H53IN4O8Si2. The van der Waals surface area contributed by atoms with Crippen LogP contribution < -0.4 is 11.0 Å². The molecule has 1 fully saturated rings. The maximum atomic E-state index is 13.9. The van der Waals surface area contributed by atoms with Crippen molar-refractivity contribution in [3.05, 3.63) is 60.2 Å². The summed E-state index contributed by atoms with van der Waals surface area (Å²) in [6, 6.07) is 6.58.